The maximum Gasteiger partial charge on any atom is 0.227 e. The van der Waals surface area contributed by atoms with E-state index in [1.165, 1.54) is 37.0 Å². The molecular weight excluding hydrogens is 394 g/mol. The van der Waals surface area contributed by atoms with Crippen LogP contribution in [0.15, 0.2) is 48.5 Å². The van der Waals surface area contributed by atoms with Crippen LogP contribution in [0, 0.1) is 17.0 Å². The van der Waals surface area contributed by atoms with Gasteiger partial charge in [0.05, 0.1) is 5.41 Å². The van der Waals surface area contributed by atoms with E-state index in [1.54, 1.807) is 12.1 Å². The summed E-state index contributed by atoms with van der Waals surface area (Å²) in [7, 11) is 0. The van der Waals surface area contributed by atoms with Crippen LogP contribution < -0.4 is 5.32 Å². The minimum Gasteiger partial charge on any atom is -0.355 e. The zero-order valence-electron chi connectivity index (χ0n) is 17.9. The van der Waals surface area contributed by atoms with E-state index >= 15 is 0 Å². The minimum absolute atomic E-state index is 0.0615. The van der Waals surface area contributed by atoms with Crippen LogP contribution in [0.5, 0.6) is 0 Å². The number of hydrogen-bond donors (Lipinski definition) is 1. The lowest BCUT2D eigenvalue weighted by atomic mass is 9.66. The Morgan fingerprint density at radius 1 is 0.806 bits per heavy atom. The van der Waals surface area contributed by atoms with Gasteiger partial charge >= 0.3 is 0 Å². The van der Waals surface area contributed by atoms with Crippen molar-refractivity contribution in [3.8, 4) is 0 Å². The molecule has 0 bridgehead atoms. The molecule has 2 aromatic rings. The highest BCUT2D eigenvalue weighted by Crippen LogP contribution is 2.51. The fourth-order valence-electron chi connectivity index (χ4n) is 6.45. The molecule has 1 atom stereocenters. The predicted molar refractivity (Wildman–Crippen MR) is 117 cm³/mol. The molecule has 3 fully saturated rings. The maximum atomic E-state index is 13.6. The largest absolute Gasteiger partial charge is 0.355 e. The van der Waals surface area contributed by atoms with Gasteiger partial charge in [0, 0.05) is 31.1 Å². The van der Waals surface area contributed by atoms with Crippen molar-refractivity contribution in [1.82, 2.24) is 10.2 Å². The van der Waals surface area contributed by atoms with E-state index in [4.69, 9.17) is 0 Å². The summed E-state index contributed by atoms with van der Waals surface area (Å²) < 4.78 is 27.1. The average Bonchev–Trinajstić information content (AvgIpc) is 3.11. The highest BCUT2D eigenvalue weighted by atomic mass is 19.1. The molecule has 2 aliphatic heterocycles. The van der Waals surface area contributed by atoms with Crippen LogP contribution in [0.4, 0.5) is 8.78 Å². The lowest BCUT2D eigenvalue weighted by Gasteiger charge is -2.52. The molecule has 1 N–H and O–H groups in total. The van der Waals surface area contributed by atoms with Gasteiger partial charge in [-0.1, -0.05) is 43.5 Å². The second-order valence-corrected chi connectivity index (χ2v) is 9.56. The zero-order chi connectivity index (χ0) is 21.5. The summed E-state index contributed by atoms with van der Waals surface area (Å²) in [5, 5.41) is 3.09. The molecule has 2 saturated heterocycles. The lowest BCUT2D eigenvalue weighted by Crippen LogP contribution is -2.54. The number of nitrogens with zero attached hydrogens (tertiary/aromatic N) is 1. The second-order valence-electron chi connectivity index (χ2n) is 9.56. The molecule has 2 aromatic carbocycles. The van der Waals surface area contributed by atoms with Gasteiger partial charge < -0.3 is 5.32 Å². The quantitative estimate of drug-likeness (QED) is 0.742. The first-order valence-corrected chi connectivity index (χ1v) is 11.6. The van der Waals surface area contributed by atoms with Gasteiger partial charge in [-0.3, -0.25) is 9.69 Å². The predicted octanol–water partition coefficient (Wildman–Crippen LogP) is 5.12. The molecule has 1 spiro atoms. The van der Waals surface area contributed by atoms with Gasteiger partial charge in [-0.15, -0.1) is 0 Å². The van der Waals surface area contributed by atoms with Gasteiger partial charge in [0.15, 0.2) is 0 Å². The van der Waals surface area contributed by atoms with Gasteiger partial charge in [0.2, 0.25) is 5.91 Å². The van der Waals surface area contributed by atoms with Gasteiger partial charge in [0.1, 0.15) is 11.6 Å². The van der Waals surface area contributed by atoms with E-state index in [9.17, 15) is 13.6 Å². The van der Waals surface area contributed by atoms with E-state index in [1.807, 2.05) is 24.3 Å². The molecule has 3 aliphatic rings. The van der Waals surface area contributed by atoms with Crippen LogP contribution >= 0.6 is 0 Å². The molecule has 2 heterocycles. The van der Waals surface area contributed by atoms with E-state index < -0.39 is 5.41 Å². The molecule has 164 valence electrons. The molecule has 0 unspecified atom stereocenters. The summed E-state index contributed by atoms with van der Waals surface area (Å²) in [6.07, 6.45) is 7.36. The first-order chi connectivity index (χ1) is 15.0. The molecule has 1 amide bonds. The number of rotatable bonds is 3. The third-order valence-corrected chi connectivity index (χ3v) is 8.18. The summed E-state index contributed by atoms with van der Waals surface area (Å²) in [6, 6.07) is 13.7. The standard InChI is InChI=1S/C26H30F2N2O/c27-21-8-4-19(5-9-21)23-18-29-24(31)25(23)14-16-30(17-15-25)26(12-2-1-3-13-26)20-6-10-22(28)11-7-20/h4-11,23H,1-3,12-18H2,(H,29,31)/t23-/m1/s1. The van der Waals surface area contributed by atoms with Crippen molar-refractivity contribution < 1.29 is 13.6 Å². The number of piperidine rings is 1. The van der Waals surface area contributed by atoms with Crippen molar-refractivity contribution >= 4 is 5.91 Å². The lowest BCUT2D eigenvalue weighted by molar-refractivity contribution is -0.132. The van der Waals surface area contributed by atoms with Gasteiger partial charge in [0.25, 0.3) is 0 Å². The maximum absolute atomic E-state index is 13.6. The molecule has 1 saturated carbocycles. The van der Waals surface area contributed by atoms with E-state index in [0.717, 1.165) is 44.3 Å². The van der Waals surface area contributed by atoms with Crippen LogP contribution in [0.3, 0.4) is 0 Å². The van der Waals surface area contributed by atoms with Gasteiger partial charge in [-0.05, 0) is 61.1 Å². The third kappa shape index (κ3) is 3.47. The normalized spacial score (nSPS) is 25.5. The monoisotopic (exact) mass is 424 g/mol. The molecule has 5 heteroatoms. The molecule has 3 nitrogen and oxygen atoms in total. The Morgan fingerprint density at radius 2 is 1.39 bits per heavy atom. The van der Waals surface area contributed by atoms with Crippen molar-refractivity contribution in [3.63, 3.8) is 0 Å². The van der Waals surface area contributed by atoms with Crippen LogP contribution in [0.25, 0.3) is 0 Å². The van der Waals surface area contributed by atoms with Crippen molar-refractivity contribution in [3.05, 3.63) is 71.3 Å². The Labute approximate surface area is 182 Å². The Bertz CT molecular complexity index is 927. The number of halogens is 2. The number of hydrogen-bond acceptors (Lipinski definition) is 2. The fourth-order valence-corrected chi connectivity index (χ4v) is 6.45. The van der Waals surface area contributed by atoms with Crippen LogP contribution in [-0.4, -0.2) is 30.4 Å². The summed E-state index contributed by atoms with van der Waals surface area (Å²) in [5.74, 6) is -0.225. The van der Waals surface area contributed by atoms with Crippen molar-refractivity contribution in [2.75, 3.05) is 19.6 Å². The highest BCUT2D eigenvalue weighted by Gasteiger charge is 2.54. The Balaban J connectivity index is 1.41. The number of nitrogens with one attached hydrogen (secondary N) is 1. The number of likely N-dealkylation sites (tertiary alicyclic amines) is 1. The van der Waals surface area contributed by atoms with E-state index in [-0.39, 0.29) is 29.0 Å². The van der Waals surface area contributed by atoms with Crippen molar-refractivity contribution in [1.29, 1.82) is 0 Å². The number of benzene rings is 2. The molecule has 5 rings (SSSR count). The van der Waals surface area contributed by atoms with Crippen LogP contribution in [0.1, 0.15) is 62.0 Å². The first kappa shape index (κ1) is 20.6. The summed E-state index contributed by atoms with van der Waals surface area (Å²) in [6.45, 7) is 2.32. The SMILES string of the molecule is O=C1NC[C@H](c2ccc(F)cc2)C12CCN(C1(c3ccc(F)cc3)CCCCC1)CC2. The fraction of sp³-hybridized carbons (Fsp3) is 0.500. The first-order valence-electron chi connectivity index (χ1n) is 11.6. The van der Waals surface area contributed by atoms with Crippen LogP contribution in [0.2, 0.25) is 0 Å². The average molecular weight is 425 g/mol. The molecule has 0 aromatic heterocycles. The number of carbonyl (C=O) groups is 1. The van der Waals surface area contributed by atoms with Crippen LogP contribution in [-0.2, 0) is 10.3 Å². The smallest absolute Gasteiger partial charge is 0.227 e. The zero-order valence-corrected chi connectivity index (χ0v) is 17.9. The molecule has 1 aliphatic carbocycles. The number of carbonyl (C=O) groups excluding carboxylic acids is 1. The van der Waals surface area contributed by atoms with Crippen molar-refractivity contribution in [2.45, 2.75) is 56.4 Å². The van der Waals surface area contributed by atoms with Gasteiger partial charge in [-0.25, -0.2) is 8.78 Å². The Morgan fingerprint density at radius 3 is 2.00 bits per heavy atom. The van der Waals surface area contributed by atoms with E-state index in [0.29, 0.717) is 6.54 Å². The summed E-state index contributed by atoms with van der Waals surface area (Å²) in [4.78, 5) is 15.6. The highest BCUT2D eigenvalue weighted by molar-refractivity contribution is 5.86. The minimum atomic E-state index is -0.424. The van der Waals surface area contributed by atoms with Crippen molar-refractivity contribution in [2.24, 2.45) is 5.41 Å². The topological polar surface area (TPSA) is 32.3 Å². The number of amides is 1. The van der Waals surface area contributed by atoms with E-state index in [2.05, 4.69) is 10.2 Å². The summed E-state index contributed by atoms with van der Waals surface area (Å²) in [5.41, 5.74) is 1.76. The summed E-state index contributed by atoms with van der Waals surface area (Å²) >= 11 is 0. The molecular formula is C26H30F2N2O. The third-order valence-electron chi connectivity index (χ3n) is 8.18. The molecule has 0 radical (unpaired) electrons. The Kier molecular flexibility index (Phi) is 5.33. The van der Waals surface area contributed by atoms with Gasteiger partial charge in [-0.2, -0.15) is 0 Å². The molecule has 31 heavy (non-hydrogen) atoms. The Hall–Kier alpha value is -2.27. The second kappa shape index (κ2) is 8.01.